The Morgan fingerprint density at radius 2 is 2.00 bits per heavy atom. The molecule has 4 rings (SSSR count). The van der Waals surface area contributed by atoms with E-state index in [0.29, 0.717) is 31.2 Å². The van der Waals surface area contributed by atoms with Crippen LogP contribution in [0.2, 0.25) is 0 Å². The molecule has 0 spiro atoms. The van der Waals surface area contributed by atoms with Crippen molar-refractivity contribution in [1.82, 2.24) is 20.1 Å². The molecular weight excluding hydrogens is 360 g/mol. The van der Waals surface area contributed by atoms with Crippen molar-refractivity contribution in [3.63, 3.8) is 0 Å². The van der Waals surface area contributed by atoms with Gasteiger partial charge in [0.2, 0.25) is 17.7 Å². The summed E-state index contributed by atoms with van der Waals surface area (Å²) in [6, 6.07) is 9.63. The fourth-order valence-electron chi connectivity index (χ4n) is 3.22. The number of benzene rings is 1. The molecule has 140 valence electrons. The van der Waals surface area contributed by atoms with Crippen LogP contribution in [0.4, 0.5) is 0 Å². The van der Waals surface area contributed by atoms with Gasteiger partial charge in [0.05, 0.1) is 12.2 Å². The molecule has 1 aliphatic carbocycles. The van der Waals surface area contributed by atoms with Gasteiger partial charge in [0.1, 0.15) is 5.01 Å². The molecule has 2 heterocycles. The SMILES string of the molecule is CN(Cc1nc2c(s1)CCCC2)C(=O)CCc1nnc(-c2ccccc2)o1. The molecule has 0 radical (unpaired) electrons. The van der Waals surface area contributed by atoms with Crippen LogP contribution in [0.5, 0.6) is 0 Å². The van der Waals surface area contributed by atoms with E-state index in [0.717, 1.165) is 23.4 Å². The first-order chi connectivity index (χ1) is 13.2. The normalized spacial score (nSPS) is 13.4. The van der Waals surface area contributed by atoms with E-state index in [1.54, 1.807) is 16.2 Å². The number of thiazole rings is 1. The molecule has 0 fully saturated rings. The van der Waals surface area contributed by atoms with Gasteiger partial charge in [-0.1, -0.05) is 18.2 Å². The molecule has 0 atom stereocenters. The second-order valence-corrected chi connectivity index (χ2v) is 7.97. The number of amides is 1. The van der Waals surface area contributed by atoms with Crippen LogP contribution in [0.15, 0.2) is 34.7 Å². The number of carbonyl (C=O) groups is 1. The Morgan fingerprint density at radius 1 is 1.19 bits per heavy atom. The topological polar surface area (TPSA) is 72.1 Å². The highest BCUT2D eigenvalue weighted by molar-refractivity contribution is 7.11. The van der Waals surface area contributed by atoms with E-state index in [1.807, 2.05) is 37.4 Å². The summed E-state index contributed by atoms with van der Waals surface area (Å²) >= 11 is 1.75. The lowest BCUT2D eigenvalue weighted by atomic mass is 10.0. The summed E-state index contributed by atoms with van der Waals surface area (Å²) in [5.74, 6) is 1.03. The van der Waals surface area contributed by atoms with E-state index in [1.165, 1.54) is 23.4 Å². The van der Waals surface area contributed by atoms with E-state index < -0.39 is 0 Å². The van der Waals surface area contributed by atoms with Crippen molar-refractivity contribution < 1.29 is 9.21 Å². The van der Waals surface area contributed by atoms with E-state index in [2.05, 4.69) is 10.2 Å². The molecule has 1 aromatic carbocycles. The maximum absolute atomic E-state index is 12.5. The minimum Gasteiger partial charge on any atom is -0.421 e. The predicted molar refractivity (Wildman–Crippen MR) is 103 cm³/mol. The maximum Gasteiger partial charge on any atom is 0.247 e. The Hall–Kier alpha value is -2.54. The average Bonchev–Trinajstić information content (AvgIpc) is 3.33. The van der Waals surface area contributed by atoms with Crippen molar-refractivity contribution >= 4 is 17.2 Å². The monoisotopic (exact) mass is 382 g/mol. The molecule has 2 aromatic heterocycles. The second kappa shape index (κ2) is 8.00. The molecule has 1 aliphatic rings. The van der Waals surface area contributed by atoms with E-state index in [9.17, 15) is 4.79 Å². The first-order valence-corrected chi connectivity index (χ1v) is 10.1. The zero-order chi connectivity index (χ0) is 18.6. The minimum absolute atomic E-state index is 0.0580. The highest BCUT2D eigenvalue weighted by Crippen LogP contribution is 2.27. The van der Waals surface area contributed by atoms with Gasteiger partial charge in [0.15, 0.2) is 0 Å². The van der Waals surface area contributed by atoms with Gasteiger partial charge in [-0.3, -0.25) is 4.79 Å². The second-order valence-electron chi connectivity index (χ2n) is 6.80. The van der Waals surface area contributed by atoms with Gasteiger partial charge in [-0.15, -0.1) is 21.5 Å². The fourth-order valence-corrected chi connectivity index (χ4v) is 4.43. The van der Waals surface area contributed by atoms with Gasteiger partial charge in [0.25, 0.3) is 0 Å². The van der Waals surface area contributed by atoms with Crippen LogP contribution < -0.4 is 0 Å². The lowest BCUT2D eigenvalue weighted by Crippen LogP contribution is -2.26. The fraction of sp³-hybridized carbons (Fsp3) is 0.400. The molecule has 3 aromatic rings. The van der Waals surface area contributed by atoms with Gasteiger partial charge in [-0.2, -0.15) is 0 Å². The molecular formula is C20H22N4O2S. The summed E-state index contributed by atoms with van der Waals surface area (Å²) < 4.78 is 5.67. The van der Waals surface area contributed by atoms with Gasteiger partial charge < -0.3 is 9.32 Å². The summed E-state index contributed by atoms with van der Waals surface area (Å²) in [6.07, 6.45) is 5.46. The number of carbonyl (C=O) groups excluding carboxylic acids is 1. The number of hydrogen-bond donors (Lipinski definition) is 0. The van der Waals surface area contributed by atoms with Crippen LogP contribution in [-0.4, -0.2) is 33.0 Å². The Balaban J connectivity index is 1.31. The Morgan fingerprint density at radius 3 is 2.81 bits per heavy atom. The van der Waals surface area contributed by atoms with Gasteiger partial charge in [-0.25, -0.2) is 4.98 Å². The van der Waals surface area contributed by atoms with Gasteiger partial charge >= 0.3 is 0 Å². The van der Waals surface area contributed by atoms with Crippen LogP contribution >= 0.6 is 11.3 Å². The third-order valence-electron chi connectivity index (χ3n) is 4.73. The quantitative estimate of drug-likeness (QED) is 0.650. The zero-order valence-electron chi connectivity index (χ0n) is 15.4. The summed E-state index contributed by atoms with van der Waals surface area (Å²) in [5, 5.41) is 9.15. The van der Waals surface area contributed by atoms with E-state index in [4.69, 9.17) is 9.40 Å². The molecule has 0 N–H and O–H groups in total. The van der Waals surface area contributed by atoms with E-state index in [-0.39, 0.29) is 5.91 Å². The molecule has 6 nitrogen and oxygen atoms in total. The van der Waals surface area contributed by atoms with Crippen LogP contribution in [0.25, 0.3) is 11.5 Å². The Bertz CT molecular complexity index is 896. The Labute approximate surface area is 162 Å². The number of fused-ring (bicyclic) bond motifs is 1. The van der Waals surface area contributed by atoms with Gasteiger partial charge in [-0.05, 0) is 37.8 Å². The number of aromatic nitrogens is 3. The van der Waals surface area contributed by atoms with Crippen molar-refractivity contribution in [2.75, 3.05) is 7.05 Å². The first-order valence-electron chi connectivity index (χ1n) is 9.28. The van der Waals surface area contributed by atoms with Crippen LogP contribution in [0.1, 0.15) is 40.7 Å². The lowest BCUT2D eigenvalue weighted by molar-refractivity contribution is -0.130. The van der Waals surface area contributed by atoms with Crippen molar-refractivity contribution in [2.45, 2.75) is 45.1 Å². The number of hydrogen-bond acceptors (Lipinski definition) is 6. The molecule has 0 saturated carbocycles. The molecule has 27 heavy (non-hydrogen) atoms. The number of rotatable bonds is 6. The predicted octanol–water partition coefficient (Wildman–Crippen LogP) is 3.66. The molecule has 1 amide bonds. The number of nitrogens with zero attached hydrogens (tertiary/aromatic N) is 4. The van der Waals surface area contributed by atoms with Crippen molar-refractivity contribution in [3.8, 4) is 11.5 Å². The van der Waals surface area contributed by atoms with Crippen LogP contribution in [0.3, 0.4) is 0 Å². The summed E-state index contributed by atoms with van der Waals surface area (Å²) in [6.45, 7) is 0.565. The minimum atomic E-state index is 0.0580. The third kappa shape index (κ3) is 4.24. The van der Waals surface area contributed by atoms with Crippen LogP contribution in [-0.2, 0) is 30.6 Å². The van der Waals surface area contributed by atoms with Crippen molar-refractivity contribution in [3.05, 3.63) is 51.8 Å². The number of aryl methyl sites for hydroxylation is 3. The van der Waals surface area contributed by atoms with Crippen molar-refractivity contribution in [2.24, 2.45) is 0 Å². The third-order valence-corrected chi connectivity index (χ3v) is 5.87. The van der Waals surface area contributed by atoms with E-state index >= 15 is 0 Å². The van der Waals surface area contributed by atoms with Gasteiger partial charge in [0, 0.05) is 30.3 Å². The Kier molecular flexibility index (Phi) is 5.29. The molecule has 0 unspecified atom stereocenters. The first kappa shape index (κ1) is 17.9. The summed E-state index contributed by atoms with van der Waals surface area (Å²) in [5.41, 5.74) is 2.12. The molecule has 0 bridgehead atoms. The summed E-state index contributed by atoms with van der Waals surface area (Å²) in [7, 11) is 1.83. The van der Waals surface area contributed by atoms with Crippen molar-refractivity contribution in [1.29, 1.82) is 0 Å². The molecule has 7 heteroatoms. The average molecular weight is 382 g/mol. The summed E-state index contributed by atoms with van der Waals surface area (Å²) in [4.78, 5) is 20.3. The zero-order valence-corrected chi connectivity index (χ0v) is 16.2. The lowest BCUT2D eigenvalue weighted by Gasteiger charge is -2.14. The maximum atomic E-state index is 12.5. The molecule has 0 aliphatic heterocycles. The largest absolute Gasteiger partial charge is 0.421 e. The standard InChI is InChI=1S/C20H22N4O2S/c1-24(13-18-21-15-9-5-6-10-16(15)27-18)19(25)12-11-17-22-23-20(26-17)14-7-3-2-4-8-14/h2-4,7-8H,5-6,9-13H2,1H3. The molecule has 0 saturated heterocycles. The highest BCUT2D eigenvalue weighted by atomic mass is 32.1. The highest BCUT2D eigenvalue weighted by Gasteiger charge is 2.18. The smallest absolute Gasteiger partial charge is 0.247 e. The van der Waals surface area contributed by atoms with Crippen LogP contribution in [0, 0.1) is 0 Å².